The van der Waals surface area contributed by atoms with Gasteiger partial charge in [0.25, 0.3) is 0 Å². The molecule has 1 fully saturated rings. The van der Waals surface area contributed by atoms with Crippen molar-refractivity contribution in [3.05, 3.63) is 82.9 Å². The lowest BCUT2D eigenvalue weighted by molar-refractivity contribution is 0.0729. The number of benzene rings is 2. The van der Waals surface area contributed by atoms with Crippen molar-refractivity contribution in [3.63, 3.8) is 0 Å². The third kappa shape index (κ3) is 2.91. The van der Waals surface area contributed by atoms with Gasteiger partial charge in [0.05, 0.1) is 17.7 Å². The first kappa shape index (κ1) is 19.6. The number of allylic oxidation sites excluding steroid dienone is 1. The molecule has 3 heterocycles. The van der Waals surface area contributed by atoms with E-state index >= 15 is 0 Å². The Bertz CT molecular complexity index is 1380. The molecule has 4 aromatic rings. The van der Waals surface area contributed by atoms with Gasteiger partial charge in [0.15, 0.2) is 5.78 Å². The Morgan fingerprint density at radius 3 is 2.84 bits per heavy atom. The van der Waals surface area contributed by atoms with Gasteiger partial charge in [-0.25, -0.2) is 9.37 Å². The number of rotatable bonds is 3. The van der Waals surface area contributed by atoms with E-state index in [0.29, 0.717) is 0 Å². The molecule has 0 N–H and O–H groups in total. The van der Waals surface area contributed by atoms with Gasteiger partial charge in [-0.05, 0) is 55.7 Å². The molecule has 6 rings (SSSR count). The van der Waals surface area contributed by atoms with Gasteiger partial charge in [-0.2, -0.15) is 0 Å². The van der Waals surface area contributed by atoms with E-state index in [4.69, 9.17) is 0 Å². The van der Waals surface area contributed by atoms with Crippen LogP contribution in [0.3, 0.4) is 0 Å². The molecule has 1 saturated carbocycles. The van der Waals surface area contributed by atoms with Crippen molar-refractivity contribution in [1.82, 2.24) is 9.55 Å². The van der Waals surface area contributed by atoms with E-state index in [0.717, 1.165) is 58.4 Å². The molecule has 2 aromatic heterocycles. The Hall–Kier alpha value is -3.05. The number of carbonyl (C=O) groups is 1. The molecule has 2 aliphatic rings. The number of ketones is 1. The van der Waals surface area contributed by atoms with E-state index in [1.807, 2.05) is 23.8 Å². The fourth-order valence-electron chi connectivity index (χ4n) is 5.57. The molecule has 5 heteroatoms. The number of carbonyl (C=O) groups excluding carboxylic acids is 1. The first-order valence-electron chi connectivity index (χ1n) is 11.1. The fraction of sp³-hybridized carbons (Fsp3) is 0.259. The summed E-state index contributed by atoms with van der Waals surface area (Å²) in [5.41, 5.74) is 4.80. The molecule has 0 radical (unpaired) electrons. The molecule has 0 spiro atoms. The van der Waals surface area contributed by atoms with E-state index in [9.17, 15) is 9.18 Å². The molecule has 1 aliphatic heterocycles. The van der Waals surface area contributed by atoms with Gasteiger partial charge in [0.1, 0.15) is 5.82 Å². The molecule has 160 valence electrons. The molecule has 2 aromatic carbocycles. The van der Waals surface area contributed by atoms with Crippen molar-refractivity contribution in [3.8, 4) is 11.3 Å². The Labute approximate surface area is 190 Å². The van der Waals surface area contributed by atoms with Crippen LogP contribution in [-0.4, -0.2) is 15.3 Å². The monoisotopic (exact) mass is 442 g/mol. The zero-order valence-electron chi connectivity index (χ0n) is 17.8. The smallest absolute Gasteiger partial charge is 0.168 e. The predicted molar refractivity (Wildman–Crippen MR) is 127 cm³/mol. The number of nitrogens with zero attached hydrogens (tertiary/aromatic N) is 2. The number of Topliss-reactive ketones (excluding diaryl/α,β-unsaturated/α-hetero) is 1. The van der Waals surface area contributed by atoms with Gasteiger partial charge >= 0.3 is 0 Å². The van der Waals surface area contributed by atoms with E-state index in [2.05, 4.69) is 34.7 Å². The van der Waals surface area contributed by atoms with Gasteiger partial charge in [-0.15, -0.1) is 11.3 Å². The Kier molecular flexibility index (Phi) is 4.44. The van der Waals surface area contributed by atoms with Crippen LogP contribution in [-0.2, 0) is 6.54 Å². The Morgan fingerprint density at radius 1 is 1.19 bits per heavy atom. The number of hydrogen-bond acceptors (Lipinski definition) is 3. The van der Waals surface area contributed by atoms with Crippen LogP contribution >= 0.6 is 11.3 Å². The van der Waals surface area contributed by atoms with Crippen molar-refractivity contribution in [2.75, 3.05) is 0 Å². The van der Waals surface area contributed by atoms with Crippen molar-refractivity contribution in [1.29, 1.82) is 0 Å². The van der Waals surface area contributed by atoms with Crippen molar-refractivity contribution < 1.29 is 9.18 Å². The van der Waals surface area contributed by atoms with Crippen LogP contribution in [0.15, 0.2) is 65.8 Å². The normalized spacial score (nSPS) is 22.3. The molecule has 3 nitrogen and oxygen atoms in total. The van der Waals surface area contributed by atoms with Crippen LogP contribution in [0.1, 0.15) is 42.2 Å². The summed E-state index contributed by atoms with van der Waals surface area (Å²) < 4.78 is 16.7. The van der Waals surface area contributed by atoms with E-state index < -0.39 is 0 Å². The average molecular weight is 443 g/mol. The minimum atomic E-state index is -0.248. The highest BCUT2D eigenvalue weighted by Gasteiger charge is 2.46. The molecule has 2 atom stereocenters. The summed E-state index contributed by atoms with van der Waals surface area (Å²) in [4.78, 5) is 18.5. The quantitative estimate of drug-likeness (QED) is 0.321. The Balaban J connectivity index is 1.40. The van der Waals surface area contributed by atoms with Gasteiger partial charge < -0.3 is 4.57 Å². The predicted octanol–water partition coefficient (Wildman–Crippen LogP) is 6.99. The molecular weight excluding hydrogens is 419 g/mol. The SMILES string of the molecule is C[C@]12Cn3cnc(-c4ccc(F)cc4)c3C=C1CCC[C@@H]2C(=O)c1csc2ccccc12. The molecule has 0 amide bonds. The van der Waals surface area contributed by atoms with E-state index in [1.54, 1.807) is 23.5 Å². The maximum Gasteiger partial charge on any atom is 0.168 e. The van der Waals surface area contributed by atoms with Gasteiger partial charge in [0, 0.05) is 44.5 Å². The maximum atomic E-state index is 13.8. The highest BCUT2D eigenvalue weighted by molar-refractivity contribution is 7.17. The fourth-order valence-corrected chi connectivity index (χ4v) is 6.52. The summed E-state index contributed by atoms with van der Waals surface area (Å²) in [6, 6.07) is 14.7. The first-order valence-corrected chi connectivity index (χ1v) is 11.9. The van der Waals surface area contributed by atoms with Crippen LogP contribution in [0.25, 0.3) is 27.4 Å². The number of thiophene rings is 1. The van der Waals surface area contributed by atoms with E-state index in [-0.39, 0.29) is 22.9 Å². The highest BCUT2D eigenvalue weighted by atomic mass is 32.1. The van der Waals surface area contributed by atoms with Crippen LogP contribution in [0.4, 0.5) is 4.39 Å². The van der Waals surface area contributed by atoms with Crippen molar-refractivity contribution in [2.45, 2.75) is 32.7 Å². The lowest BCUT2D eigenvalue weighted by atomic mass is 9.61. The largest absolute Gasteiger partial charge is 0.330 e. The molecule has 0 saturated heterocycles. The van der Waals surface area contributed by atoms with Gasteiger partial charge in [-0.1, -0.05) is 30.7 Å². The highest BCUT2D eigenvalue weighted by Crippen LogP contribution is 2.51. The van der Waals surface area contributed by atoms with Crippen LogP contribution in [0.2, 0.25) is 0 Å². The summed E-state index contributed by atoms with van der Waals surface area (Å²) in [7, 11) is 0. The van der Waals surface area contributed by atoms with Crippen molar-refractivity contribution in [2.24, 2.45) is 11.3 Å². The van der Waals surface area contributed by atoms with Crippen molar-refractivity contribution >= 4 is 33.3 Å². The molecule has 0 bridgehead atoms. The minimum absolute atomic E-state index is 0.0506. The summed E-state index contributed by atoms with van der Waals surface area (Å²) in [5, 5.41) is 3.10. The standard InChI is InChI=1S/C27H23FN2OS/c1-27-15-30-16-29-25(17-9-11-19(28)12-10-17)23(30)13-18(27)5-4-7-22(27)26(31)21-14-32-24-8-3-2-6-20(21)24/h2-3,6,8-14,16,22H,4-5,7,15H2,1H3/t22-,27+/m1/s1. The Morgan fingerprint density at radius 2 is 2.00 bits per heavy atom. The lowest BCUT2D eigenvalue weighted by Gasteiger charge is -2.45. The van der Waals surface area contributed by atoms with Gasteiger partial charge in [0.2, 0.25) is 0 Å². The maximum absolute atomic E-state index is 13.8. The number of fused-ring (bicyclic) bond motifs is 3. The molecule has 1 aliphatic carbocycles. The zero-order chi connectivity index (χ0) is 21.9. The summed E-state index contributed by atoms with van der Waals surface area (Å²) in [6.45, 7) is 2.98. The molecule has 32 heavy (non-hydrogen) atoms. The van der Waals surface area contributed by atoms with Crippen LogP contribution in [0, 0.1) is 17.2 Å². The minimum Gasteiger partial charge on any atom is -0.330 e. The second-order valence-corrected chi connectivity index (χ2v) is 10.1. The topological polar surface area (TPSA) is 34.9 Å². The first-order chi connectivity index (χ1) is 15.5. The number of hydrogen-bond donors (Lipinski definition) is 0. The second-order valence-electron chi connectivity index (χ2n) is 9.15. The second kappa shape index (κ2) is 7.24. The zero-order valence-corrected chi connectivity index (χ0v) is 18.7. The lowest BCUT2D eigenvalue weighted by Crippen LogP contribution is -2.43. The summed E-state index contributed by atoms with van der Waals surface area (Å²) >= 11 is 1.65. The average Bonchev–Trinajstić information content (AvgIpc) is 3.41. The van der Waals surface area contributed by atoms with Crippen LogP contribution in [0.5, 0.6) is 0 Å². The number of imidazole rings is 1. The molecule has 0 unspecified atom stereocenters. The third-order valence-corrected chi connectivity index (χ3v) is 8.27. The van der Waals surface area contributed by atoms with Crippen LogP contribution < -0.4 is 0 Å². The summed E-state index contributed by atoms with van der Waals surface area (Å²) in [6.07, 6.45) is 7.02. The van der Waals surface area contributed by atoms with Gasteiger partial charge in [-0.3, -0.25) is 4.79 Å². The van der Waals surface area contributed by atoms with E-state index in [1.165, 1.54) is 17.7 Å². The number of aromatic nitrogens is 2. The number of halogens is 1. The molecular formula is C27H23FN2OS. The third-order valence-electron chi connectivity index (χ3n) is 7.31. The summed E-state index contributed by atoms with van der Waals surface area (Å²) in [5.74, 6) is -0.0365.